The number of carbonyl (C=O) groups excluding carboxylic acids is 1. The number of nitrogens with one attached hydrogen (secondary N) is 2. The highest BCUT2D eigenvalue weighted by atomic mass is 19.4. The molecule has 5 nitrogen and oxygen atoms in total. The van der Waals surface area contributed by atoms with Gasteiger partial charge in [0, 0.05) is 12.8 Å². The molecule has 1 aromatic rings. The molecular weight excluding hydrogens is 325 g/mol. The highest BCUT2D eigenvalue weighted by Gasteiger charge is 2.35. The largest absolute Gasteiger partial charge is 0.497 e. The van der Waals surface area contributed by atoms with Crippen molar-refractivity contribution in [1.82, 2.24) is 5.32 Å². The lowest BCUT2D eigenvalue weighted by atomic mass is 10.0. The Morgan fingerprint density at radius 1 is 1.33 bits per heavy atom. The van der Waals surface area contributed by atoms with Crippen molar-refractivity contribution in [2.45, 2.75) is 25.1 Å². The zero-order chi connectivity index (χ0) is 17.7. The van der Waals surface area contributed by atoms with Crippen LogP contribution in [0.25, 0.3) is 0 Å². The van der Waals surface area contributed by atoms with E-state index in [0.29, 0.717) is 11.5 Å². The van der Waals surface area contributed by atoms with Gasteiger partial charge in [-0.3, -0.25) is 4.79 Å². The van der Waals surface area contributed by atoms with Crippen LogP contribution in [0.15, 0.2) is 18.2 Å². The molecule has 1 aromatic carbocycles. The van der Waals surface area contributed by atoms with Gasteiger partial charge in [-0.25, -0.2) is 0 Å². The van der Waals surface area contributed by atoms with Crippen molar-refractivity contribution >= 4 is 5.91 Å². The summed E-state index contributed by atoms with van der Waals surface area (Å²) in [7, 11) is 3.13. The van der Waals surface area contributed by atoms with Crippen LogP contribution in [0.1, 0.15) is 24.4 Å². The Kier molecular flexibility index (Phi) is 5.93. The number of hydrogen-bond acceptors (Lipinski definition) is 3. The molecule has 1 amide bonds. The molecule has 8 heteroatoms. The lowest BCUT2D eigenvalue weighted by molar-refractivity contribution is -0.910. The molecule has 0 spiro atoms. The third-order valence-corrected chi connectivity index (χ3v) is 4.17. The summed E-state index contributed by atoms with van der Waals surface area (Å²) in [5.74, 6) is 0.769. The van der Waals surface area contributed by atoms with E-state index in [0.717, 1.165) is 29.8 Å². The first-order valence-corrected chi connectivity index (χ1v) is 7.74. The second-order valence-electron chi connectivity index (χ2n) is 5.78. The molecule has 1 saturated heterocycles. The summed E-state index contributed by atoms with van der Waals surface area (Å²) < 4.78 is 47.2. The summed E-state index contributed by atoms with van der Waals surface area (Å²) in [5.41, 5.74) is 0.910. The molecule has 0 aromatic heterocycles. The number of hydrogen-bond donors (Lipinski definition) is 2. The van der Waals surface area contributed by atoms with Crippen molar-refractivity contribution in [3.8, 4) is 11.5 Å². The molecule has 1 heterocycles. The zero-order valence-corrected chi connectivity index (χ0v) is 13.7. The maximum absolute atomic E-state index is 12.2. The number of halogens is 3. The monoisotopic (exact) mass is 347 g/mol. The number of benzene rings is 1. The van der Waals surface area contributed by atoms with Gasteiger partial charge < -0.3 is 19.7 Å². The van der Waals surface area contributed by atoms with E-state index in [-0.39, 0.29) is 12.6 Å². The molecule has 24 heavy (non-hydrogen) atoms. The highest BCUT2D eigenvalue weighted by molar-refractivity contribution is 5.76. The molecule has 134 valence electrons. The summed E-state index contributed by atoms with van der Waals surface area (Å²) in [6.07, 6.45) is -2.66. The number of ether oxygens (including phenoxy) is 2. The minimum absolute atomic E-state index is 0.00110. The second-order valence-corrected chi connectivity index (χ2v) is 5.78. The number of quaternary nitrogens is 1. The van der Waals surface area contributed by atoms with Crippen molar-refractivity contribution in [3.63, 3.8) is 0 Å². The number of amides is 1. The van der Waals surface area contributed by atoms with E-state index in [2.05, 4.69) is 0 Å². The Labute approximate surface area is 138 Å². The standard InChI is InChI=1S/C16H21F3N2O3/c1-23-11-5-6-14(24-2)12(8-11)13-4-3-7-21(13)9-15(22)20-10-16(17,18)19/h5-6,8,13H,3-4,7,9-10H2,1-2H3,(H,20,22)/p+1/t13-/m0/s1. The van der Waals surface area contributed by atoms with Crippen molar-refractivity contribution < 1.29 is 32.3 Å². The Balaban J connectivity index is 2.09. The van der Waals surface area contributed by atoms with Gasteiger partial charge in [0.15, 0.2) is 6.54 Å². The molecule has 1 aliphatic rings. The van der Waals surface area contributed by atoms with E-state index in [9.17, 15) is 18.0 Å². The van der Waals surface area contributed by atoms with Crippen LogP contribution in [0.3, 0.4) is 0 Å². The van der Waals surface area contributed by atoms with Gasteiger partial charge >= 0.3 is 6.18 Å². The minimum atomic E-state index is -4.40. The van der Waals surface area contributed by atoms with E-state index >= 15 is 0 Å². The van der Waals surface area contributed by atoms with Gasteiger partial charge in [0.25, 0.3) is 5.91 Å². The van der Waals surface area contributed by atoms with E-state index in [1.54, 1.807) is 26.4 Å². The number of methoxy groups -OCH3 is 2. The van der Waals surface area contributed by atoms with Crippen LogP contribution in [0, 0.1) is 0 Å². The smallest absolute Gasteiger partial charge is 0.405 e. The predicted molar refractivity (Wildman–Crippen MR) is 81.3 cm³/mol. The van der Waals surface area contributed by atoms with E-state index in [1.165, 1.54) is 0 Å². The minimum Gasteiger partial charge on any atom is -0.497 e. The summed E-state index contributed by atoms with van der Waals surface area (Å²) in [4.78, 5) is 12.7. The van der Waals surface area contributed by atoms with Crippen LogP contribution in [-0.2, 0) is 4.79 Å². The second kappa shape index (κ2) is 7.74. The first kappa shape index (κ1) is 18.4. The number of rotatable bonds is 6. The normalized spacial score (nSPS) is 20.7. The van der Waals surface area contributed by atoms with Crippen LogP contribution in [0.2, 0.25) is 0 Å². The lowest BCUT2D eigenvalue weighted by Gasteiger charge is -2.23. The maximum atomic E-state index is 12.2. The third-order valence-electron chi connectivity index (χ3n) is 4.17. The SMILES string of the molecule is COc1ccc(OC)c([C@@H]2CCC[NH+]2CC(=O)NCC(F)(F)F)c1. The van der Waals surface area contributed by atoms with Crippen molar-refractivity contribution in [1.29, 1.82) is 0 Å². The average molecular weight is 347 g/mol. The molecule has 2 N–H and O–H groups in total. The molecular formula is C16H22F3N2O3+. The van der Waals surface area contributed by atoms with Gasteiger partial charge in [0.05, 0.1) is 26.3 Å². The fraction of sp³-hybridized carbons (Fsp3) is 0.562. The zero-order valence-electron chi connectivity index (χ0n) is 13.7. The van der Waals surface area contributed by atoms with Gasteiger partial charge in [-0.15, -0.1) is 0 Å². The number of likely N-dealkylation sites (tertiary alicyclic amines) is 1. The lowest BCUT2D eigenvalue weighted by Crippen LogP contribution is -3.11. The van der Waals surface area contributed by atoms with Gasteiger partial charge in [-0.1, -0.05) is 0 Å². The number of alkyl halides is 3. The van der Waals surface area contributed by atoms with Crippen LogP contribution in [0.4, 0.5) is 13.2 Å². The summed E-state index contributed by atoms with van der Waals surface area (Å²) in [5, 5.41) is 1.93. The molecule has 0 radical (unpaired) electrons. The van der Waals surface area contributed by atoms with Crippen LogP contribution < -0.4 is 19.7 Å². The van der Waals surface area contributed by atoms with Crippen molar-refractivity contribution in [2.24, 2.45) is 0 Å². The maximum Gasteiger partial charge on any atom is 0.405 e. The van der Waals surface area contributed by atoms with Crippen LogP contribution in [-0.4, -0.2) is 45.9 Å². The summed E-state index contributed by atoms with van der Waals surface area (Å²) in [6.45, 7) is -0.572. The molecule has 1 aliphatic heterocycles. The van der Waals surface area contributed by atoms with Crippen molar-refractivity contribution in [3.05, 3.63) is 23.8 Å². The van der Waals surface area contributed by atoms with Gasteiger partial charge in [-0.05, 0) is 18.2 Å². The Morgan fingerprint density at radius 3 is 2.71 bits per heavy atom. The molecule has 0 aliphatic carbocycles. The van der Waals surface area contributed by atoms with Crippen LogP contribution >= 0.6 is 0 Å². The highest BCUT2D eigenvalue weighted by Crippen LogP contribution is 2.31. The average Bonchev–Trinajstić information content (AvgIpc) is 2.99. The number of carbonyl (C=O) groups is 1. The molecule has 2 rings (SSSR count). The topological polar surface area (TPSA) is 52.0 Å². The third kappa shape index (κ3) is 4.77. The first-order valence-electron chi connectivity index (χ1n) is 7.74. The fourth-order valence-corrected chi connectivity index (χ4v) is 3.08. The van der Waals surface area contributed by atoms with Crippen molar-refractivity contribution in [2.75, 3.05) is 33.9 Å². The van der Waals surface area contributed by atoms with Gasteiger partial charge in [0.2, 0.25) is 0 Å². The Bertz CT molecular complexity index is 578. The van der Waals surface area contributed by atoms with Gasteiger partial charge in [0.1, 0.15) is 24.1 Å². The first-order chi connectivity index (χ1) is 11.3. The van der Waals surface area contributed by atoms with E-state index < -0.39 is 18.6 Å². The van der Waals surface area contributed by atoms with E-state index in [4.69, 9.17) is 9.47 Å². The molecule has 0 saturated carbocycles. The summed E-state index contributed by atoms with van der Waals surface area (Å²) >= 11 is 0. The Morgan fingerprint density at radius 2 is 2.08 bits per heavy atom. The Hall–Kier alpha value is -1.96. The predicted octanol–water partition coefficient (Wildman–Crippen LogP) is 1.10. The molecule has 1 fully saturated rings. The molecule has 0 bridgehead atoms. The fourth-order valence-electron chi connectivity index (χ4n) is 3.08. The summed E-state index contributed by atoms with van der Waals surface area (Å²) in [6, 6.07) is 5.44. The van der Waals surface area contributed by atoms with Gasteiger partial charge in [-0.2, -0.15) is 13.2 Å². The molecule has 2 atom stereocenters. The van der Waals surface area contributed by atoms with Crippen LogP contribution in [0.5, 0.6) is 11.5 Å². The quantitative estimate of drug-likeness (QED) is 0.810. The van der Waals surface area contributed by atoms with E-state index in [1.807, 2.05) is 11.4 Å². The molecule has 1 unspecified atom stereocenters.